The highest BCUT2D eigenvalue weighted by atomic mass is 19.1. The summed E-state index contributed by atoms with van der Waals surface area (Å²) >= 11 is 0. The molecule has 2 aromatic carbocycles. The van der Waals surface area contributed by atoms with Crippen LogP contribution in [0, 0.1) is 5.82 Å². The summed E-state index contributed by atoms with van der Waals surface area (Å²) in [7, 11) is 1.60. The largest absolute Gasteiger partial charge is 0.497 e. The zero-order valence-electron chi connectivity index (χ0n) is 16.5. The van der Waals surface area contributed by atoms with Gasteiger partial charge in [-0.15, -0.1) is 0 Å². The molecular weight excluding hydrogens is 387 g/mol. The van der Waals surface area contributed by atoms with Crippen LogP contribution in [0.1, 0.15) is 28.1 Å². The minimum atomic E-state index is -0.385. The summed E-state index contributed by atoms with van der Waals surface area (Å²) in [4.78, 5) is 20.2. The van der Waals surface area contributed by atoms with E-state index in [1.54, 1.807) is 42.3 Å². The number of rotatable bonds is 7. The van der Waals surface area contributed by atoms with E-state index in [-0.39, 0.29) is 30.1 Å². The van der Waals surface area contributed by atoms with Crippen molar-refractivity contribution < 1.29 is 23.2 Å². The number of benzene rings is 2. The van der Waals surface area contributed by atoms with Crippen LogP contribution in [-0.4, -0.2) is 36.3 Å². The average molecular weight is 408 g/mol. The standard InChI is InChI=1S/C23H21FN2O4/c1-28-17-7-4-6-16(12-17)14-26(23(27)22-10-5-11-29-22)15-18-13-21(25-30-18)19-8-2-3-9-20(19)24/h2-12,18H,13-15H2,1H3/t18-/m0/s1. The van der Waals surface area contributed by atoms with Gasteiger partial charge < -0.3 is 18.9 Å². The van der Waals surface area contributed by atoms with Gasteiger partial charge in [0, 0.05) is 18.5 Å². The molecule has 0 radical (unpaired) electrons. The highest BCUT2D eigenvalue weighted by molar-refractivity contribution is 6.01. The van der Waals surface area contributed by atoms with Gasteiger partial charge in [0.2, 0.25) is 0 Å². The Morgan fingerprint density at radius 1 is 1.20 bits per heavy atom. The molecule has 0 N–H and O–H groups in total. The summed E-state index contributed by atoms with van der Waals surface area (Å²) in [5, 5.41) is 4.05. The van der Waals surface area contributed by atoms with E-state index in [0.29, 0.717) is 30.0 Å². The molecule has 1 atom stereocenters. The SMILES string of the molecule is COc1cccc(CN(C[C@@H]2CC(c3ccccc3F)=NO2)C(=O)c2ccco2)c1. The summed E-state index contributed by atoms with van der Waals surface area (Å²) in [5.74, 6) is 0.345. The molecule has 3 aromatic rings. The number of ether oxygens (including phenoxy) is 1. The lowest BCUT2D eigenvalue weighted by atomic mass is 10.0. The number of hydrogen-bond acceptors (Lipinski definition) is 5. The maximum Gasteiger partial charge on any atom is 0.289 e. The van der Waals surface area contributed by atoms with Gasteiger partial charge in [-0.2, -0.15) is 0 Å². The van der Waals surface area contributed by atoms with Crippen molar-refractivity contribution in [1.29, 1.82) is 0 Å². The first-order valence-corrected chi connectivity index (χ1v) is 9.57. The van der Waals surface area contributed by atoms with Crippen molar-refractivity contribution in [2.45, 2.75) is 19.1 Å². The van der Waals surface area contributed by atoms with Crippen molar-refractivity contribution in [1.82, 2.24) is 4.90 Å². The van der Waals surface area contributed by atoms with Crippen LogP contribution in [0.15, 0.2) is 76.5 Å². The first-order chi connectivity index (χ1) is 14.6. The summed E-state index contributed by atoms with van der Waals surface area (Å²) < 4.78 is 24.6. The van der Waals surface area contributed by atoms with Gasteiger partial charge in [-0.05, 0) is 35.9 Å². The molecule has 154 valence electrons. The number of oxime groups is 1. The molecule has 0 spiro atoms. The van der Waals surface area contributed by atoms with Crippen LogP contribution in [0.3, 0.4) is 0 Å². The molecule has 0 bridgehead atoms. The lowest BCUT2D eigenvalue weighted by Crippen LogP contribution is -2.37. The van der Waals surface area contributed by atoms with Gasteiger partial charge in [0.15, 0.2) is 11.9 Å². The number of carbonyl (C=O) groups excluding carboxylic acids is 1. The second kappa shape index (κ2) is 8.82. The predicted octanol–water partition coefficient (Wildman–Crippen LogP) is 4.26. The molecule has 1 aliphatic rings. The smallest absolute Gasteiger partial charge is 0.289 e. The third-order valence-electron chi connectivity index (χ3n) is 4.87. The molecule has 0 unspecified atom stereocenters. The zero-order valence-corrected chi connectivity index (χ0v) is 16.5. The van der Waals surface area contributed by atoms with Crippen molar-refractivity contribution >= 4 is 11.6 Å². The molecule has 0 saturated carbocycles. The van der Waals surface area contributed by atoms with Gasteiger partial charge in [0.1, 0.15) is 11.6 Å². The molecule has 1 amide bonds. The molecule has 2 heterocycles. The van der Waals surface area contributed by atoms with E-state index in [9.17, 15) is 9.18 Å². The van der Waals surface area contributed by atoms with Crippen LogP contribution < -0.4 is 4.74 Å². The van der Waals surface area contributed by atoms with E-state index in [1.165, 1.54) is 12.3 Å². The molecule has 1 aliphatic heterocycles. The van der Waals surface area contributed by atoms with Crippen LogP contribution >= 0.6 is 0 Å². The Balaban J connectivity index is 1.50. The lowest BCUT2D eigenvalue weighted by Gasteiger charge is -2.24. The third kappa shape index (κ3) is 4.35. The number of halogens is 1. The van der Waals surface area contributed by atoms with Gasteiger partial charge in [0.05, 0.1) is 25.6 Å². The van der Waals surface area contributed by atoms with Gasteiger partial charge in [-0.3, -0.25) is 4.79 Å². The fraction of sp³-hybridized carbons (Fsp3) is 0.217. The van der Waals surface area contributed by atoms with Crippen molar-refractivity contribution in [2.75, 3.05) is 13.7 Å². The maximum atomic E-state index is 14.1. The predicted molar refractivity (Wildman–Crippen MR) is 109 cm³/mol. The molecule has 7 heteroatoms. The number of carbonyl (C=O) groups is 1. The topological polar surface area (TPSA) is 64.3 Å². The van der Waals surface area contributed by atoms with Crippen molar-refractivity contribution in [2.24, 2.45) is 5.16 Å². The van der Waals surface area contributed by atoms with E-state index in [0.717, 1.165) is 5.56 Å². The van der Waals surface area contributed by atoms with Crippen molar-refractivity contribution in [3.8, 4) is 5.75 Å². The first kappa shape index (κ1) is 19.7. The van der Waals surface area contributed by atoms with Gasteiger partial charge in [0.25, 0.3) is 5.91 Å². The Labute approximate surface area is 173 Å². The van der Waals surface area contributed by atoms with Crippen LogP contribution in [0.2, 0.25) is 0 Å². The monoisotopic (exact) mass is 408 g/mol. The fourth-order valence-electron chi connectivity index (χ4n) is 3.39. The Morgan fingerprint density at radius 2 is 2.07 bits per heavy atom. The maximum absolute atomic E-state index is 14.1. The van der Waals surface area contributed by atoms with E-state index in [4.69, 9.17) is 14.0 Å². The molecule has 0 aliphatic carbocycles. The average Bonchev–Trinajstić information content (AvgIpc) is 3.46. The minimum Gasteiger partial charge on any atom is -0.497 e. The summed E-state index contributed by atoms with van der Waals surface area (Å²) in [6.07, 6.45) is 1.48. The Kier molecular flexibility index (Phi) is 5.79. The van der Waals surface area contributed by atoms with Gasteiger partial charge in [-0.25, -0.2) is 4.39 Å². The zero-order chi connectivity index (χ0) is 20.9. The molecule has 4 rings (SSSR count). The lowest BCUT2D eigenvalue weighted by molar-refractivity contribution is 0.0387. The van der Waals surface area contributed by atoms with Crippen molar-refractivity contribution in [3.05, 3.63) is 89.6 Å². The van der Waals surface area contributed by atoms with E-state index < -0.39 is 0 Å². The Bertz CT molecular complexity index is 1050. The van der Waals surface area contributed by atoms with E-state index in [1.807, 2.05) is 24.3 Å². The molecule has 6 nitrogen and oxygen atoms in total. The summed E-state index contributed by atoms with van der Waals surface area (Å²) in [5.41, 5.74) is 1.85. The second-order valence-corrected chi connectivity index (χ2v) is 6.96. The number of hydrogen-bond donors (Lipinski definition) is 0. The minimum absolute atomic E-state index is 0.242. The fourth-order valence-corrected chi connectivity index (χ4v) is 3.39. The Hall–Kier alpha value is -3.61. The summed E-state index contributed by atoms with van der Waals surface area (Å²) in [6, 6.07) is 17.2. The Morgan fingerprint density at radius 3 is 2.83 bits per heavy atom. The third-order valence-corrected chi connectivity index (χ3v) is 4.87. The van der Waals surface area contributed by atoms with Crippen LogP contribution in [0.5, 0.6) is 5.75 Å². The number of methoxy groups -OCH3 is 1. The van der Waals surface area contributed by atoms with Crippen molar-refractivity contribution in [3.63, 3.8) is 0 Å². The molecule has 30 heavy (non-hydrogen) atoms. The van der Waals surface area contributed by atoms with Crippen LogP contribution in [0.4, 0.5) is 4.39 Å². The van der Waals surface area contributed by atoms with Crippen LogP contribution in [-0.2, 0) is 11.4 Å². The normalized spacial score (nSPS) is 15.4. The first-order valence-electron chi connectivity index (χ1n) is 9.57. The number of nitrogens with zero attached hydrogens (tertiary/aromatic N) is 2. The second-order valence-electron chi connectivity index (χ2n) is 6.96. The number of amides is 1. The van der Waals surface area contributed by atoms with Gasteiger partial charge >= 0.3 is 0 Å². The highest BCUT2D eigenvalue weighted by Crippen LogP contribution is 2.22. The van der Waals surface area contributed by atoms with Crippen LogP contribution in [0.25, 0.3) is 0 Å². The molecular formula is C23H21FN2O4. The highest BCUT2D eigenvalue weighted by Gasteiger charge is 2.29. The number of furan rings is 1. The van der Waals surface area contributed by atoms with Gasteiger partial charge in [-0.1, -0.05) is 35.5 Å². The van der Waals surface area contributed by atoms with E-state index >= 15 is 0 Å². The van der Waals surface area contributed by atoms with E-state index in [2.05, 4.69) is 5.16 Å². The molecule has 0 saturated heterocycles. The molecule has 0 fully saturated rings. The quantitative estimate of drug-likeness (QED) is 0.586. The molecule has 1 aromatic heterocycles. The summed E-state index contributed by atoms with van der Waals surface area (Å²) in [6.45, 7) is 0.615.